The number of amides is 3. The zero-order chi connectivity index (χ0) is 32.9. The number of rotatable bonds is 17. The molecule has 1 aromatic carbocycles. The molecule has 0 saturated carbocycles. The first kappa shape index (κ1) is 36.1. The molecule has 1 unspecified atom stereocenters. The highest BCUT2D eigenvalue weighted by molar-refractivity contribution is 5.98. The summed E-state index contributed by atoms with van der Waals surface area (Å²) in [4.78, 5) is 43.5. The Kier molecular flexibility index (Phi) is 13.7. The molecule has 2 atom stereocenters. The summed E-state index contributed by atoms with van der Waals surface area (Å²) in [6, 6.07) is 3.16. The Bertz CT molecular complexity index is 1280. The van der Waals surface area contributed by atoms with Crippen molar-refractivity contribution in [3.63, 3.8) is 0 Å². The van der Waals surface area contributed by atoms with Gasteiger partial charge < -0.3 is 38.9 Å². The largest absolute Gasteiger partial charge is 0.416 e. The molecule has 0 spiro atoms. The Hall–Kier alpha value is -4.11. The van der Waals surface area contributed by atoms with Crippen LogP contribution in [0.3, 0.4) is 0 Å². The van der Waals surface area contributed by atoms with Crippen LogP contribution in [0.4, 0.5) is 18.9 Å². The lowest BCUT2D eigenvalue weighted by Crippen LogP contribution is -2.55. The number of carbonyl (C=O) groups excluding carboxylic acids is 3. The number of hydrogen-bond donors (Lipinski definition) is 7. The third-order valence-electron chi connectivity index (χ3n) is 7.00. The molecule has 0 fully saturated rings. The molecule has 14 heteroatoms. The zero-order valence-electron chi connectivity index (χ0n) is 24.5. The lowest BCUT2D eigenvalue weighted by molar-refractivity contribution is -0.137. The molecule has 0 aliphatic carbocycles. The summed E-state index contributed by atoms with van der Waals surface area (Å²) in [5.74, 6) is -2.04. The van der Waals surface area contributed by atoms with Crippen molar-refractivity contribution in [3.8, 4) is 0 Å². The van der Waals surface area contributed by atoms with Crippen LogP contribution in [-0.4, -0.2) is 60.0 Å². The fraction of sp³-hybridized carbons (Fsp3) is 0.400. The monoisotopic (exact) mass is 618 g/mol. The Morgan fingerprint density at radius 2 is 1.52 bits per heavy atom. The highest BCUT2D eigenvalue weighted by Gasteiger charge is 2.33. The zero-order valence-corrected chi connectivity index (χ0v) is 24.5. The number of anilines is 1. The van der Waals surface area contributed by atoms with Gasteiger partial charge in [0, 0.05) is 17.5 Å². The van der Waals surface area contributed by atoms with Crippen LogP contribution in [0.2, 0.25) is 0 Å². The van der Waals surface area contributed by atoms with Gasteiger partial charge in [0.1, 0.15) is 6.04 Å². The smallest absolute Gasteiger partial charge is 0.350 e. The van der Waals surface area contributed by atoms with Gasteiger partial charge in [-0.3, -0.25) is 19.4 Å². The number of nitrogens with one attached hydrogen (secondary N) is 3. The number of aromatic nitrogens is 1. The van der Waals surface area contributed by atoms with Gasteiger partial charge in [-0.15, -0.1) is 0 Å². The topological polar surface area (TPSA) is 204 Å². The van der Waals surface area contributed by atoms with Crippen molar-refractivity contribution in [3.05, 3.63) is 72.1 Å². The molecule has 1 aromatic heterocycles. The van der Waals surface area contributed by atoms with Gasteiger partial charge in [-0.25, -0.2) is 0 Å². The van der Waals surface area contributed by atoms with E-state index in [1.54, 1.807) is 6.07 Å². The van der Waals surface area contributed by atoms with Crippen molar-refractivity contribution < 1.29 is 27.6 Å². The van der Waals surface area contributed by atoms with Gasteiger partial charge in [0.25, 0.3) is 0 Å². The first-order valence-electron chi connectivity index (χ1n) is 14.0. The summed E-state index contributed by atoms with van der Waals surface area (Å²) >= 11 is 0. The van der Waals surface area contributed by atoms with Gasteiger partial charge in [-0.05, 0) is 68.7 Å². The van der Waals surface area contributed by atoms with Crippen molar-refractivity contribution in [2.45, 2.75) is 55.9 Å². The summed E-state index contributed by atoms with van der Waals surface area (Å²) in [5, 5.41) is 8.05. The molecular formula is C30H41F3N8O3. The molecule has 0 aliphatic heterocycles. The molecule has 3 amide bonds. The molecule has 11 nitrogen and oxygen atoms in total. The van der Waals surface area contributed by atoms with E-state index in [1.165, 1.54) is 30.5 Å². The van der Waals surface area contributed by atoms with E-state index in [1.807, 2.05) is 0 Å². The maximum atomic E-state index is 13.3. The van der Waals surface area contributed by atoms with Crippen LogP contribution < -0.4 is 38.9 Å². The second kappa shape index (κ2) is 16.7. The third-order valence-corrected chi connectivity index (χ3v) is 7.00. The van der Waals surface area contributed by atoms with Crippen LogP contribution in [0.1, 0.15) is 48.1 Å². The number of carbonyl (C=O) groups is 3. The fourth-order valence-corrected chi connectivity index (χ4v) is 4.71. The summed E-state index contributed by atoms with van der Waals surface area (Å²) in [7, 11) is 0. The number of benzene rings is 1. The first-order valence-corrected chi connectivity index (χ1v) is 14.0. The Morgan fingerprint density at radius 3 is 2.02 bits per heavy atom. The van der Waals surface area contributed by atoms with Crippen LogP contribution in [0.15, 0.2) is 49.7 Å². The van der Waals surface area contributed by atoms with Crippen molar-refractivity contribution in [2.75, 3.05) is 25.0 Å². The van der Waals surface area contributed by atoms with Crippen molar-refractivity contribution in [2.24, 2.45) is 22.9 Å². The van der Waals surface area contributed by atoms with Crippen molar-refractivity contribution in [1.29, 1.82) is 0 Å². The molecule has 0 aliphatic rings. The Morgan fingerprint density at radius 1 is 0.932 bits per heavy atom. The summed E-state index contributed by atoms with van der Waals surface area (Å²) < 4.78 is 39.2. The van der Waals surface area contributed by atoms with Crippen molar-refractivity contribution >= 4 is 35.6 Å². The van der Waals surface area contributed by atoms with Gasteiger partial charge in [-0.2, -0.15) is 13.2 Å². The van der Waals surface area contributed by atoms with Crippen LogP contribution in [-0.2, 0) is 27.0 Å². The molecule has 0 saturated heterocycles. The number of halogens is 3. The number of hydrogen-bond acceptors (Lipinski definition) is 8. The van der Waals surface area contributed by atoms with E-state index in [9.17, 15) is 27.6 Å². The minimum Gasteiger partial charge on any atom is -0.350 e. The lowest BCUT2D eigenvalue weighted by atomic mass is 9.87. The number of alkyl halides is 3. The number of nitrogens with zero attached hydrogens (tertiary/aromatic N) is 1. The second-order valence-electron chi connectivity index (χ2n) is 10.3. The van der Waals surface area contributed by atoms with Gasteiger partial charge in [0.15, 0.2) is 0 Å². The molecule has 44 heavy (non-hydrogen) atoms. The van der Waals surface area contributed by atoms with E-state index >= 15 is 0 Å². The maximum absolute atomic E-state index is 13.3. The van der Waals surface area contributed by atoms with Gasteiger partial charge in [0.05, 0.1) is 35.6 Å². The van der Waals surface area contributed by atoms with Crippen LogP contribution >= 0.6 is 0 Å². The SMILES string of the molecule is C=Cc1cc(NC(=O)[C@H](Cc2ccc(C(F)(F)F)cc2)NC(=O)C(N)CC(=O)NC(CCN)(CCN)CCN)cnc1C=C. The highest BCUT2D eigenvalue weighted by Crippen LogP contribution is 2.29. The van der Waals surface area contributed by atoms with Gasteiger partial charge in [0.2, 0.25) is 17.7 Å². The number of nitrogens with two attached hydrogens (primary N) is 4. The quantitative estimate of drug-likeness (QED) is 0.139. The lowest BCUT2D eigenvalue weighted by Gasteiger charge is -2.34. The van der Waals surface area contributed by atoms with Crippen LogP contribution in [0.25, 0.3) is 12.2 Å². The van der Waals surface area contributed by atoms with Gasteiger partial charge in [-0.1, -0.05) is 31.4 Å². The van der Waals surface area contributed by atoms with Crippen LogP contribution in [0, 0.1) is 0 Å². The second-order valence-corrected chi connectivity index (χ2v) is 10.3. The molecule has 1 heterocycles. The van der Waals surface area contributed by atoms with E-state index in [0.717, 1.165) is 12.1 Å². The normalized spacial score (nSPS) is 13.0. The minimum atomic E-state index is -4.54. The van der Waals surface area contributed by atoms with Crippen LogP contribution in [0.5, 0.6) is 0 Å². The van der Waals surface area contributed by atoms with Crippen molar-refractivity contribution in [1.82, 2.24) is 15.6 Å². The standard InChI is InChI=1S/C30H41F3N8O3/c1-3-20-16-22(18-38-24(20)4-2)39-28(44)25(15-19-5-7-21(8-6-19)30(31,32)33)40-27(43)23(37)17-26(42)41-29(9-12-34,10-13-35)11-14-36/h3-8,16,18,23,25H,1-2,9-15,17,34-37H2,(H,39,44)(H,40,43)(H,41,42)/t23?,25-/m0/s1. The minimum absolute atomic E-state index is 0.173. The highest BCUT2D eigenvalue weighted by atomic mass is 19.4. The molecule has 0 radical (unpaired) electrons. The summed E-state index contributed by atoms with van der Waals surface area (Å²) in [6.07, 6.45) is 0.534. The molecule has 2 rings (SSSR count). The summed E-state index contributed by atoms with van der Waals surface area (Å²) in [6.45, 7) is 8.19. The van der Waals surface area contributed by atoms with E-state index in [0.29, 0.717) is 36.1 Å². The fourth-order valence-electron chi connectivity index (χ4n) is 4.71. The average molecular weight is 619 g/mol. The maximum Gasteiger partial charge on any atom is 0.416 e. The molecule has 2 aromatic rings. The Balaban J connectivity index is 2.25. The van der Waals surface area contributed by atoms with E-state index in [-0.39, 0.29) is 31.7 Å². The molecule has 240 valence electrons. The molecule has 0 bridgehead atoms. The first-order chi connectivity index (χ1) is 20.8. The predicted octanol–water partition coefficient (Wildman–Crippen LogP) is 1.67. The van der Waals surface area contributed by atoms with E-state index in [4.69, 9.17) is 22.9 Å². The third kappa shape index (κ3) is 10.6. The molecular weight excluding hydrogens is 577 g/mol. The average Bonchev–Trinajstić information content (AvgIpc) is 2.96. The van der Waals surface area contributed by atoms with Gasteiger partial charge >= 0.3 is 6.18 Å². The van der Waals surface area contributed by atoms with E-state index < -0.39 is 53.5 Å². The predicted molar refractivity (Wildman–Crippen MR) is 165 cm³/mol. The number of pyridine rings is 1. The summed E-state index contributed by atoms with van der Waals surface area (Å²) in [5.41, 5.74) is 23.4. The Labute approximate surface area is 254 Å². The molecule has 11 N–H and O–H groups in total. The van der Waals surface area contributed by atoms with E-state index in [2.05, 4.69) is 34.1 Å².